The molecule has 1 amide bonds. The van der Waals surface area contributed by atoms with Gasteiger partial charge in [-0.1, -0.05) is 12.1 Å². The molecule has 4 aromatic rings. The van der Waals surface area contributed by atoms with Crippen molar-refractivity contribution in [1.29, 1.82) is 0 Å². The Balaban J connectivity index is 1.38. The summed E-state index contributed by atoms with van der Waals surface area (Å²) in [5.74, 6) is 1.78. The van der Waals surface area contributed by atoms with E-state index in [1.54, 1.807) is 32.7 Å². The number of hydrogen-bond donors (Lipinski definition) is 1. The third kappa shape index (κ3) is 4.33. The van der Waals surface area contributed by atoms with Gasteiger partial charge in [0.1, 0.15) is 22.8 Å². The lowest BCUT2D eigenvalue weighted by atomic mass is 10.1. The summed E-state index contributed by atoms with van der Waals surface area (Å²) in [6, 6.07) is 17.0. The number of aromatic nitrogens is 1. The van der Waals surface area contributed by atoms with Gasteiger partial charge in [-0.15, -0.1) is 0 Å². The molecular formula is C25H19N3O4S. The second-order valence-corrected chi connectivity index (χ2v) is 8.20. The van der Waals surface area contributed by atoms with Gasteiger partial charge >= 0.3 is 0 Å². The van der Waals surface area contributed by atoms with E-state index in [1.807, 2.05) is 54.6 Å². The van der Waals surface area contributed by atoms with Crippen LogP contribution in [0.4, 0.5) is 5.69 Å². The Morgan fingerprint density at radius 1 is 0.970 bits per heavy atom. The van der Waals surface area contributed by atoms with Gasteiger partial charge in [-0.2, -0.15) is 4.99 Å². The van der Waals surface area contributed by atoms with E-state index < -0.39 is 0 Å². The SMILES string of the molecule is COc1ccc(NC2=NC(=O)/C(=C/c3cc4cncc(-c5ccc(OC)cc5)c4o3)S2)cc1. The lowest BCUT2D eigenvalue weighted by molar-refractivity contribution is -0.113. The number of methoxy groups -OCH3 is 2. The summed E-state index contributed by atoms with van der Waals surface area (Å²) in [5, 5.41) is 4.51. The molecule has 0 atom stereocenters. The average Bonchev–Trinajstić information content (AvgIpc) is 3.42. The third-order valence-electron chi connectivity index (χ3n) is 5.08. The zero-order chi connectivity index (χ0) is 22.8. The van der Waals surface area contributed by atoms with Crippen molar-refractivity contribution in [3.63, 3.8) is 0 Å². The summed E-state index contributed by atoms with van der Waals surface area (Å²) in [7, 11) is 3.25. The maximum atomic E-state index is 12.4. The predicted molar refractivity (Wildman–Crippen MR) is 131 cm³/mol. The molecule has 2 aromatic carbocycles. The molecule has 0 saturated carbocycles. The number of benzene rings is 2. The van der Waals surface area contributed by atoms with E-state index in [-0.39, 0.29) is 5.91 Å². The van der Waals surface area contributed by atoms with E-state index in [0.717, 1.165) is 33.7 Å². The van der Waals surface area contributed by atoms with Gasteiger partial charge in [0.15, 0.2) is 5.17 Å². The van der Waals surface area contributed by atoms with Gasteiger partial charge in [0.2, 0.25) is 0 Å². The molecule has 2 aromatic heterocycles. The Morgan fingerprint density at radius 3 is 2.36 bits per heavy atom. The predicted octanol–water partition coefficient (Wildman–Crippen LogP) is 5.59. The van der Waals surface area contributed by atoms with Crippen LogP contribution in [-0.4, -0.2) is 30.3 Å². The summed E-state index contributed by atoms with van der Waals surface area (Å²) < 4.78 is 16.5. The number of anilines is 1. The van der Waals surface area contributed by atoms with Gasteiger partial charge in [-0.3, -0.25) is 9.78 Å². The van der Waals surface area contributed by atoms with E-state index in [1.165, 1.54) is 11.8 Å². The maximum absolute atomic E-state index is 12.4. The minimum atomic E-state index is -0.315. The molecule has 164 valence electrons. The fraction of sp³-hybridized carbons (Fsp3) is 0.0800. The van der Waals surface area contributed by atoms with E-state index in [4.69, 9.17) is 13.9 Å². The number of fused-ring (bicyclic) bond motifs is 1. The van der Waals surface area contributed by atoms with Crippen molar-refractivity contribution in [2.75, 3.05) is 19.5 Å². The molecule has 1 N–H and O–H groups in total. The lowest BCUT2D eigenvalue weighted by Crippen LogP contribution is -2.04. The van der Waals surface area contributed by atoms with Crippen LogP contribution in [0.15, 0.2) is 81.3 Å². The smallest absolute Gasteiger partial charge is 0.286 e. The number of thioether (sulfide) groups is 1. The molecule has 1 aliphatic heterocycles. The second-order valence-electron chi connectivity index (χ2n) is 7.17. The van der Waals surface area contributed by atoms with E-state index in [2.05, 4.69) is 15.3 Å². The van der Waals surface area contributed by atoms with Crippen molar-refractivity contribution in [3.8, 4) is 22.6 Å². The van der Waals surface area contributed by atoms with Crippen molar-refractivity contribution in [2.45, 2.75) is 0 Å². The molecule has 0 spiro atoms. The largest absolute Gasteiger partial charge is 0.497 e. The molecule has 7 nitrogen and oxygen atoms in total. The molecule has 8 heteroatoms. The van der Waals surface area contributed by atoms with E-state index >= 15 is 0 Å². The molecule has 5 rings (SSSR count). The summed E-state index contributed by atoms with van der Waals surface area (Å²) in [5.41, 5.74) is 3.34. The molecule has 0 bridgehead atoms. The highest BCUT2D eigenvalue weighted by Crippen LogP contribution is 2.34. The normalized spacial score (nSPS) is 14.5. The standard InChI is InChI=1S/C25H19N3O4S/c1-30-18-7-3-15(4-8-18)21-14-26-13-16-11-20(32-23(16)21)12-22-24(29)28-25(33-22)27-17-5-9-19(31-2)10-6-17/h3-14H,1-2H3,(H,27,28,29)/b22-12-. The number of carbonyl (C=O) groups excluding carboxylic acids is 1. The lowest BCUT2D eigenvalue weighted by Gasteiger charge is -2.05. The number of carbonyl (C=O) groups is 1. The minimum Gasteiger partial charge on any atom is -0.497 e. The van der Waals surface area contributed by atoms with Gasteiger partial charge in [0.25, 0.3) is 5.91 Å². The third-order valence-corrected chi connectivity index (χ3v) is 5.98. The fourth-order valence-electron chi connectivity index (χ4n) is 3.42. The van der Waals surface area contributed by atoms with Crippen LogP contribution in [0.1, 0.15) is 5.76 Å². The molecule has 1 aliphatic rings. The van der Waals surface area contributed by atoms with E-state index in [9.17, 15) is 4.79 Å². The van der Waals surface area contributed by atoms with Gasteiger partial charge < -0.3 is 19.2 Å². The molecule has 33 heavy (non-hydrogen) atoms. The number of ether oxygens (including phenoxy) is 2. The molecule has 0 aliphatic carbocycles. The van der Waals surface area contributed by atoms with Crippen LogP contribution in [0.2, 0.25) is 0 Å². The van der Waals surface area contributed by atoms with Crippen molar-refractivity contribution >= 4 is 45.6 Å². The number of nitrogens with one attached hydrogen (secondary N) is 1. The van der Waals surface area contributed by atoms with Crippen LogP contribution >= 0.6 is 11.8 Å². The van der Waals surface area contributed by atoms with Crippen LogP contribution in [0.3, 0.4) is 0 Å². The molecule has 0 saturated heterocycles. The second kappa shape index (κ2) is 8.84. The summed E-state index contributed by atoms with van der Waals surface area (Å²) in [6.07, 6.45) is 5.21. The van der Waals surface area contributed by atoms with Crippen LogP contribution in [0.5, 0.6) is 11.5 Å². The Kier molecular flexibility index (Phi) is 5.58. The van der Waals surface area contributed by atoms with Gasteiger partial charge in [0.05, 0.1) is 19.1 Å². The number of pyridine rings is 1. The molecular weight excluding hydrogens is 438 g/mol. The molecule has 0 radical (unpaired) electrons. The zero-order valence-corrected chi connectivity index (χ0v) is 18.7. The van der Waals surface area contributed by atoms with E-state index in [0.29, 0.717) is 21.4 Å². The summed E-state index contributed by atoms with van der Waals surface area (Å²) in [6.45, 7) is 0. The first-order valence-electron chi connectivity index (χ1n) is 10.1. The minimum absolute atomic E-state index is 0.315. The Bertz CT molecular complexity index is 1390. The Labute approximate surface area is 194 Å². The number of furan rings is 1. The number of nitrogens with zero attached hydrogens (tertiary/aromatic N) is 2. The Morgan fingerprint density at radius 2 is 1.67 bits per heavy atom. The topological polar surface area (TPSA) is 86.0 Å². The average molecular weight is 458 g/mol. The molecule has 0 unspecified atom stereocenters. The number of aliphatic imine (C=N–C) groups is 1. The number of hydrogen-bond acceptors (Lipinski definition) is 7. The van der Waals surface area contributed by atoms with Crippen LogP contribution in [0, 0.1) is 0 Å². The van der Waals surface area contributed by atoms with Crippen LogP contribution in [-0.2, 0) is 4.79 Å². The monoisotopic (exact) mass is 457 g/mol. The summed E-state index contributed by atoms with van der Waals surface area (Å²) in [4.78, 5) is 21.4. The van der Waals surface area contributed by atoms with Gasteiger partial charge in [0, 0.05) is 35.1 Å². The van der Waals surface area contributed by atoms with Crippen LogP contribution < -0.4 is 14.8 Å². The molecule has 0 fully saturated rings. The van der Waals surface area contributed by atoms with Gasteiger partial charge in [-0.25, -0.2) is 0 Å². The summed E-state index contributed by atoms with van der Waals surface area (Å²) >= 11 is 1.26. The number of amidine groups is 1. The highest BCUT2D eigenvalue weighted by molar-refractivity contribution is 8.18. The van der Waals surface area contributed by atoms with Crippen molar-refractivity contribution in [1.82, 2.24) is 4.98 Å². The van der Waals surface area contributed by atoms with Crippen molar-refractivity contribution in [3.05, 3.63) is 77.7 Å². The first-order valence-corrected chi connectivity index (χ1v) is 10.9. The molecule has 3 heterocycles. The van der Waals surface area contributed by atoms with Crippen molar-refractivity contribution in [2.24, 2.45) is 4.99 Å². The zero-order valence-electron chi connectivity index (χ0n) is 17.9. The Hall–Kier alpha value is -4.04. The number of amides is 1. The highest BCUT2D eigenvalue weighted by atomic mass is 32.2. The first-order chi connectivity index (χ1) is 16.1. The highest BCUT2D eigenvalue weighted by Gasteiger charge is 2.23. The van der Waals surface area contributed by atoms with Crippen molar-refractivity contribution < 1.29 is 18.7 Å². The van der Waals surface area contributed by atoms with Crippen LogP contribution in [0.25, 0.3) is 28.2 Å². The first kappa shape index (κ1) is 20.8. The van der Waals surface area contributed by atoms with Gasteiger partial charge in [-0.05, 0) is 59.8 Å². The quantitative estimate of drug-likeness (QED) is 0.391. The fourth-order valence-corrected chi connectivity index (χ4v) is 4.23. The number of rotatable bonds is 5. The maximum Gasteiger partial charge on any atom is 0.286 e.